The standard InChI is InChI=1S/2C12H11P.C6H10O3/c2*1-3-7-11(8-4-1)13-12-9-5-2-6-10-12;1-5(6(8)9)3-2-4-7/h2*1-10,13H;3,7H,2,4H2,1H3,(H,8,9). The molecule has 3 nitrogen and oxygen atoms in total. The molecule has 0 atom stereocenters. The van der Waals surface area contributed by atoms with Gasteiger partial charge in [0.15, 0.2) is 0 Å². The number of aliphatic hydroxyl groups is 1. The average Bonchev–Trinajstić information content (AvgIpc) is 2.90. The fraction of sp³-hybridized carbons (Fsp3) is 0.100. The van der Waals surface area contributed by atoms with Crippen LogP contribution in [0.5, 0.6) is 0 Å². The van der Waals surface area contributed by atoms with Crippen LogP contribution in [0.15, 0.2) is 133 Å². The van der Waals surface area contributed by atoms with Crippen molar-refractivity contribution in [3.05, 3.63) is 133 Å². The van der Waals surface area contributed by atoms with E-state index in [1.54, 1.807) is 0 Å². The van der Waals surface area contributed by atoms with Gasteiger partial charge < -0.3 is 10.2 Å². The van der Waals surface area contributed by atoms with Gasteiger partial charge in [0.05, 0.1) is 0 Å². The SMILES string of the molecule is CC(=CCCO)C(=O)O.c1ccc(Pc2ccccc2)cc1.c1ccc(Pc2ccccc2)cc1. The number of aliphatic hydroxyl groups excluding tert-OH is 1. The third-order valence-electron chi connectivity index (χ3n) is 4.59. The van der Waals surface area contributed by atoms with E-state index in [2.05, 4.69) is 121 Å². The minimum absolute atomic E-state index is 0.00458. The van der Waals surface area contributed by atoms with Gasteiger partial charge in [-0.25, -0.2) is 4.79 Å². The molecule has 0 aliphatic carbocycles. The van der Waals surface area contributed by atoms with Gasteiger partial charge in [0.25, 0.3) is 0 Å². The van der Waals surface area contributed by atoms with Crippen molar-refractivity contribution in [2.45, 2.75) is 13.3 Å². The van der Waals surface area contributed by atoms with Crippen molar-refractivity contribution in [1.29, 1.82) is 0 Å². The molecule has 5 heteroatoms. The Balaban J connectivity index is 0.000000190. The first kappa shape index (κ1) is 28.1. The average molecular weight is 503 g/mol. The molecule has 0 saturated heterocycles. The normalized spacial score (nSPS) is 10.3. The number of carboxylic acid groups (broad SMARTS) is 1. The summed E-state index contributed by atoms with van der Waals surface area (Å²) in [6.07, 6.45) is 1.90. The number of benzene rings is 4. The number of hydrogen-bond acceptors (Lipinski definition) is 2. The molecule has 0 radical (unpaired) electrons. The summed E-state index contributed by atoms with van der Waals surface area (Å²) in [5.41, 5.74) is 0.282. The first-order chi connectivity index (χ1) is 17.1. The second kappa shape index (κ2) is 17.4. The van der Waals surface area contributed by atoms with Crippen LogP contribution < -0.4 is 21.2 Å². The van der Waals surface area contributed by atoms with Gasteiger partial charge in [-0.2, -0.15) is 0 Å². The van der Waals surface area contributed by atoms with Crippen LogP contribution in [0.4, 0.5) is 0 Å². The molecular formula is C30H32O3P2. The number of aliphatic carboxylic acids is 1. The molecule has 0 saturated carbocycles. The number of rotatable bonds is 7. The Morgan fingerprint density at radius 3 is 1.14 bits per heavy atom. The van der Waals surface area contributed by atoms with Crippen LogP contribution in [0.1, 0.15) is 13.3 Å². The van der Waals surface area contributed by atoms with Crippen molar-refractivity contribution in [3.63, 3.8) is 0 Å². The zero-order chi connectivity index (χ0) is 25.1. The number of carbonyl (C=O) groups is 1. The summed E-state index contributed by atoms with van der Waals surface area (Å²) in [6, 6.07) is 42.3. The molecule has 0 unspecified atom stereocenters. The van der Waals surface area contributed by atoms with E-state index in [1.165, 1.54) is 34.2 Å². The Bertz CT molecular complexity index is 965. The molecule has 4 aromatic carbocycles. The van der Waals surface area contributed by atoms with Crippen LogP contribution in [0.3, 0.4) is 0 Å². The predicted octanol–water partition coefficient (Wildman–Crippen LogP) is 5.03. The molecule has 0 heterocycles. The maximum absolute atomic E-state index is 10.1. The molecule has 0 aliphatic rings. The molecule has 180 valence electrons. The molecule has 0 fully saturated rings. The third-order valence-corrected chi connectivity index (χ3v) is 7.08. The Morgan fingerprint density at radius 1 is 0.629 bits per heavy atom. The van der Waals surface area contributed by atoms with Crippen LogP contribution in [0, 0.1) is 0 Å². The number of hydrogen-bond donors (Lipinski definition) is 2. The molecule has 0 bridgehead atoms. The van der Waals surface area contributed by atoms with Crippen molar-refractivity contribution in [2.24, 2.45) is 0 Å². The van der Waals surface area contributed by atoms with Gasteiger partial charge in [0.1, 0.15) is 0 Å². The van der Waals surface area contributed by atoms with E-state index >= 15 is 0 Å². The van der Waals surface area contributed by atoms with E-state index in [4.69, 9.17) is 10.2 Å². The van der Waals surface area contributed by atoms with Gasteiger partial charge in [-0.05, 0) is 34.6 Å². The number of carboxylic acids is 1. The highest BCUT2D eigenvalue weighted by Gasteiger charge is 1.96. The summed E-state index contributed by atoms with van der Waals surface area (Å²) in [5.74, 6) is -0.927. The van der Waals surface area contributed by atoms with Crippen LogP contribution in [0.2, 0.25) is 0 Å². The summed E-state index contributed by atoms with van der Waals surface area (Å²) >= 11 is 0. The first-order valence-corrected chi connectivity index (χ1v) is 13.3. The first-order valence-electron chi connectivity index (χ1n) is 11.3. The van der Waals surface area contributed by atoms with Gasteiger partial charge in [0.2, 0.25) is 0 Å². The minimum Gasteiger partial charge on any atom is -0.478 e. The van der Waals surface area contributed by atoms with Gasteiger partial charge in [0, 0.05) is 12.2 Å². The fourth-order valence-corrected chi connectivity index (χ4v) is 4.89. The lowest BCUT2D eigenvalue weighted by Gasteiger charge is -2.00. The van der Waals surface area contributed by atoms with Crippen LogP contribution in [-0.4, -0.2) is 22.8 Å². The molecule has 0 spiro atoms. The largest absolute Gasteiger partial charge is 0.478 e. The minimum atomic E-state index is -0.927. The van der Waals surface area contributed by atoms with Crippen molar-refractivity contribution in [3.8, 4) is 0 Å². The lowest BCUT2D eigenvalue weighted by atomic mass is 10.2. The van der Waals surface area contributed by atoms with Gasteiger partial charge in [-0.3, -0.25) is 0 Å². The van der Waals surface area contributed by atoms with E-state index in [9.17, 15) is 4.79 Å². The summed E-state index contributed by atoms with van der Waals surface area (Å²) in [6.45, 7) is 1.50. The van der Waals surface area contributed by atoms with E-state index in [1.807, 2.05) is 0 Å². The topological polar surface area (TPSA) is 57.5 Å². The molecule has 4 aromatic rings. The Morgan fingerprint density at radius 2 is 0.914 bits per heavy atom. The second-order valence-corrected chi connectivity index (χ2v) is 10.2. The van der Waals surface area contributed by atoms with Crippen molar-refractivity contribution in [1.82, 2.24) is 0 Å². The Hall–Kier alpha value is -3.09. The smallest absolute Gasteiger partial charge is 0.330 e. The van der Waals surface area contributed by atoms with Crippen molar-refractivity contribution in [2.75, 3.05) is 6.61 Å². The fourth-order valence-electron chi connectivity index (χ4n) is 2.79. The highest BCUT2D eigenvalue weighted by atomic mass is 31.1. The van der Waals surface area contributed by atoms with Gasteiger partial charge in [-0.15, -0.1) is 0 Å². The lowest BCUT2D eigenvalue weighted by molar-refractivity contribution is -0.132. The third kappa shape index (κ3) is 12.8. The molecule has 35 heavy (non-hydrogen) atoms. The van der Waals surface area contributed by atoms with Crippen LogP contribution in [0.25, 0.3) is 0 Å². The van der Waals surface area contributed by atoms with Crippen LogP contribution >= 0.6 is 17.2 Å². The predicted molar refractivity (Wildman–Crippen MR) is 154 cm³/mol. The molecular weight excluding hydrogens is 470 g/mol. The Kier molecular flexibility index (Phi) is 14.0. The summed E-state index contributed by atoms with van der Waals surface area (Å²) in [7, 11) is 1.55. The summed E-state index contributed by atoms with van der Waals surface area (Å²) in [5, 5.41) is 22.1. The molecule has 0 aromatic heterocycles. The summed E-state index contributed by atoms with van der Waals surface area (Å²) < 4.78 is 0. The van der Waals surface area contributed by atoms with E-state index in [0.717, 1.165) is 17.2 Å². The van der Waals surface area contributed by atoms with Gasteiger partial charge in [-0.1, -0.05) is 145 Å². The highest BCUT2D eigenvalue weighted by molar-refractivity contribution is 7.55. The molecule has 0 aliphatic heterocycles. The zero-order valence-electron chi connectivity index (χ0n) is 19.8. The summed E-state index contributed by atoms with van der Waals surface area (Å²) in [4.78, 5) is 10.1. The molecule has 0 amide bonds. The van der Waals surface area contributed by atoms with E-state index < -0.39 is 5.97 Å². The van der Waals surface area contributed by atoms with E-state index in [-0.39, 0.29) is 12.2 Å². The lowest BCUT2D eigenvalue weighted by Crippen LogP contribution is -2.01. The quantitative estimate of drug-likeness (QED) is 0.275. The van der Waals surface area contributed by atoms with Crippen molar-refractivity contribution >= 4 is 44.3 Å². The zero-order valence-corrected chi connectivity index (χ0v) is 21.8. The van der Waals surface area contributed by atoms with Crippen molar-refractivity contribution < 1.29 is 15.0 Å². The maximum atomic E-state index is 10.1. The molecule has 4 rings (SSSR count). The second-order valence-electron chi connectivity index (χ2n) is 7.42. The molecule has 2 N–H and O–H groups in total. The van der Waals surface area contributed by atoms with Crippen LogP contribution in [-0.2, 0) is 4.79 Å². The van der Waals surface area contributed by atoms with E-state index in [0.29, 0.717) is 6.42 Å². The highest BCUT2D eigenvalue weighted by Crippen LogP contribution is 2.09. The van der Waals surface area contributed by atoms with Gasteiger partial charge >= 0.3 is 5.97 Å². The maximum Gasteiger partial charge on any atom is 0.330 e. The monoisotopic (exact) mass is 502 g/mol. The Labute approximate surface area is 212 Å².